The number of carbonyl (C=O) groups is 1. The number of aromatic nitrogens is 1. The highest BCUT2D eigenvalue weighted by Gasteiger charge is 2.20. The van der Waals surface area contributed by atoms with Crippen molar-refractivity contribution in [1.82, 2.24) is 9.88 Å². The fourth-order valence-corrected chi connectivity index (χ4v) is 2.70. The van der Waals surface area contributed by atoms with Gasteiger partial charge >= 0.3 is 0 Å². The van der Waals surface area contributed by atoms with E-state index in [4.69, 9.17) is 5.14 Å². The number of nitrogens with one attached hydrogen (secondary N) is 1. The molecule has 1 aromatic heterocycles. The van der Waals surface area contributed by atoms with Crippen LogP contribution in [0.5, 0.6) is 0 Å². The Morgan fingerprint density at radius 2 is 2.14 bits per heavy atom. The van der Waals surface area contributed by atoms with E-state index in [0.717, 1.165) is 6.07 Å². The first-order chi connectivity index (χ1) is 9.74. The van der Waals surface area contributed by atoms with Crippen molar-refractivity contribution < 1.29 is 18.1 Å². The molecule has 0 radical (unpaired) electrons. The molecule has 0 aliphatic heterocycles. The summed E-state index contributed by atoms with van der Waals surface area (Å²) in [6, 6.07) is 3.73. The molecule has 0 saturated heterocycles. The van der Waals surface area contributed by atoms with E-state index in [9.17, 15) is 23.3 Å². The third kappa shape index (κ3) is 2.85. The predicted molar refractivity (Wildman–Crippen MR) is 74.0 cm³/mol. The number of nitrogens with two attached hydrogens (primary N) is 1. The highest BCUT2D eigenvalue weighted by molar-refractivity contribution is 7.89. The Morgan fingerprint density at radius 1 is 1.48 bits per heavy atom. The quantitative estimate of drug-likeness (QED) is 0.602. The van der Waals surface area contributed by atoms with Crippen LogP contribution in [0.4, 0.5) is 5.69 Å². The van der Waals surface area contributed by atoms with Gasteiger partial charge in [0.05, 0.1) is 10.4 Å². The number of benzene rings is 1. The monoisotopic (exact) mass is 312 g/mol. The fraction of sp³-hybridized carbons (Fsp3) is 0.182. The van der Waals surface area contributed by atoms with Gasteiger partial charge in [-0.15, -0.1) is 0 Å². The maximum absolute atomic E-state index is 11.6. The van der Waals surface area contributed by atoms with Crippen LogP contribution in [0.15, 0.2) is 29.3 Å². The maximum atomic E-state index is 11.6. The standard InChI is InChI=1S/C11H12N4O5S/c1-13-11(16)6-14-5-10(21(12,19)20)8-4-7(15(17)18)2-3-9(8)14/h2-5H,6H2,1H3,(H,13,16)(H2,12,19,20). The Labute approximate surface area is 119 Å². The molecule has 2 aromatic rings. The minimum atomic E-state index is -4.07. The van der Waals surface area contributed by atoms with Crippen LogP contribution in [0.25, 0.3) is 10.9 Å². The van der Waals surface area contributed by atoms with Crippen molar-refractivity contribution in [3.8, 4) is 0 Å². The first-order valence-electron chi connectivity index (χ1n) is 5.74. The van der Waals surface area contributed by atoms with E-state index in [1.807, 2.05) is 0 Å². The average Bonchev–Trinajstić information content (AvgIpc) is 2.76. The molecule has 1 heterocycles. The Hall–Kier alpha value is -2.46. The summed E-state index contributed by atoms with van der Waals surface area (Å²) < 4.78 is 24.6. The third-order valence-corrected chi connectivity index (χ3v) is 3.88. The molecular formula is C11H12N4O5S. The summed E-state index contributed by atoms with van der Waals surface area (Å²) in [6.45, 7) is -0.125. The van der Waals surface area contributed by atoms with Crippen LogP contribution in [0.1, 0.15) is 0 Å². The van der Waals surface area contributed by atoms with E-state index in [2.05, 4.69) is 5.32 Å². The predicted octanol–water partition coefficient (Wildman–Crippen LogP) is -0.0571. The number of carbonyl (C=O) groups excluding carboxylic acids is 1. The summed E-state index contributed by atoms with van der Waals surface area (Å²) in [5.41, 5.74) is 0.110. The lowest BCUT2D eigenvalue weighted by atomic mass is 10.2. The topological polar surface area (TPSA) is 137 Å². The molecule has 0 fully saturated rings. The van der Waals surface area contributed by atoms with E-state index in [0.29, 0.717) is 5.52 Å². The van der Waals surface area contributed by atoms with Crippen molar-refractivity contribution in [2.24, 2.45) is 5.14 Å². The summed E-state index contributed by atoms with van der Waals surface area (Å²) in [6.07, 6.45) is 1.19. The van der Waals surface area contributed by atoms with Gasteiger partial charge in [-0.25, -0.2) is 13.6 Å². The number of nitro groups is 1. The normalized spacial score (nSPS) is 11.5. The smallest absolute Gasteiger partial charge is 0.270 e. The number of likely N-dealkylation sites (N-methyl/N-ethyl adjacent to an activating group) is 1. The van der Waals surface area contributed by atoms with Crippen LogP contribution in [0.3, 0.4) is 0 Å². The molecule has 0 saturated carbocycles. The van der Waals surface area contributed by atoms with Crippen LogP contribution >= 0.6 is 0 Å². The van der Waals surface area contributed by atoms with E-state index >= 15 is 0 Å². The largest absolute Gasteiger partial charge is 0.358 e. The minimum Gasteiger partial charge on any atom is -0.358 e. The molecule has 0 unspecified atom stereocenters. The van der Waals surface area contributed by atoms with Gasteiger partial charge in [-0.3, -0.25) is 14.9 Å². The Kier molecular flexibility index (Phi) is 3.66. The average molecular weight is 312 g/mol. The number of nitro benzene ring substituents is 1. The highest BCUT2D eigenvalue weighted by atomic mass is 32.2. The third-order valence-electron chi connectivity index (χ3n) is 2.94. The van der Waals surface area contributed by atoms with Gasteiger partial charge in [-0.1, -0.05) is 0 Å². The number of primary sulfonamides is 1. The molecule has 10 heteroatoms. The molecule has 2 rings (SSSR count). The minimum absolute atomic E-state index is 0.107. The number of amides is 1. The van der Waals surface area contributed by atoms with Crippen LogP contribution in [-0.4, -0.2) is 30.9 Å². The molecule has 0 bridgehead atoms. The molecule has 112 valence electrons. The van der Waals surface area contributed by atoms with E-state index < -0.39 is 14.9 Å². The lowest BCUT2D eigenvalue weighted by Gasteiger charge is -2.03. The van der Waals surface area contributed by atoms with Crippen molar-refractivity contribution in [3.05, 3.63) is 34.5 Å². The van der Waals surface area contributed by atoms with Gasteiger partial charge in [-0.2, -0.15) is 0 Å². The summed E-state index contributed by atoms with van der Waals surface area (Å²) in [7, 11) is -2.62. The molecule has 9 nitrogen and oxygen atoms in total. The fourth-order valence-electron chi connectivity index (χ4n) is 1.96. The second kappa shape index (κ2) is 5.14. The van der Waals surface area contributed by atoms with E-state index in [1.165, 1.54) is 29.9 Å². The number of fused-ring (bicyclic) bond motifs is 1. The van der Waals surface area contributed by atoms with Crippen molar-refractivity contribution in [2.75, 3.05) is 7.05 Å². The number of non-ortho nitro benzene ring substituents is 1. The van der Waals surface area contributed by atoms with Crippen LogP contribution in [0.2, 0.25) is 0 Å². The van der Waals surface area contributed by atoms with E-state index in [1.54, 1.807) is 0 Å². The zero-order chi connectivity index (χ0) is 15.8. The second-order valence-corrected chi connectivity index (χ2v) is 5.83. The van der Waals surface area contributed by atoms with Crippen molar-refractivity contribution in [1.29, 1.82) is 0 Å². The first kappa shape index (κ1) is 14.9. The second-order valence-electron chi connectivity index (χ2n) is 4.30. The van der Waals surface area contributed by atoms with Gasteiger partial charge in [0.15, 0.2) is 0 Å². The zero-order valence-electron chi connectivity index (χ0n) is 10.9. The molecule has 3 N–H and O–H groups in total. The number of rotatable bonds is 4. The summed E-state index contributed by atoms with van der Waals surface area (Å²) in [5.74, 6) is -0.341. The van der Waals surface area contributed by atoms with Gasteiger partial charge in [0.1, 0.15) is 11.4 Å². The van der Waals surface area contributed by atoms with Gasteiger partial charge in [-0.05, 0) is 6.07 Å². The molecule has 0 atom stereocenters. The van der Waals surface area contributed by atoms with Gasteiger partial charge < -0.3 is 9.88 Å². The molecule has 1 amide bonds. The van der Waals surface area contributed by atoms with Gasteiger partial charge in [0.2, 0.25) is 15.9 Å². The van der Waals surface area contributed by atoms with Crippen molar-refractivity contribution >= 4 is 32.5 Å². The molecule has 1 aromatic carbocycles. The number of hydrogen-bond acceptors (Lipinski definition) is 5. The summed E-state index contributed by atoms with van der Waals surface area (Å²) >= 11 is 0. The molecule has 21 heavy (non-hydrogen) atoms. The number of sulfonamides is 1. The van der Waals surface area contributed by atoms with Gasteiger partial charge in [0.25, 0.3) is 5.69 Å². The van der Waals surface area contributed by atoms with Crippen molar-refractivity contribution in [2.45, 2.75) is 11.4 Å². The van der Waals surface area contributed by atoms with E-state index in [-0.39, 0.29) is 28.4 Å². The Morgan fingerprint density at radius 3 is 2.67 bits per heavy atom. The lowest BCUT2D eigenvalue weighted by molar-refractivity contribution is -0.384. The molecule has 0 aliphatic carbocycles. The summed E-state index contributed by atoms with van der Waals surface area (Å²) in [5, 5.41) is 18.4. The zero-order valence-corrected chi connectivity index (χ0v) is 11.8. The Bertz CT molecular complexity index is 840. The van der Waals surface area contributed by atoms with Crippen molar-refractivity contribution in [3.63, 3.8) is 0 Å². The first-order valence-corrected chi connectivity index (χ1v) is 7.29. The number of hydrogen-bond donors (Lipinski definition) is 2. The SMILES string of the molecule is CNC(=O)Cn1cc(S(N)(=O)=O)c2cc([N+](=O)[O-])ccc21. The molecule has 0 spiro atoms. The highest BCUT2D eigenvalue weighted by Crippen LogP contribution is 2.28. The van der Waals surface area contributed by atoms with Crippen LogP contribution in [0, 0.1) is 10.1 Å². The molecule has 0 aliphatic rings. The summed E-state index contributed by atoms with van der Waals surface area (Å²) in [4.78, 5) is 21.3. The van der Waals surface area contributed by atoms with Crippen LogP contribution in [-0.2, 0) is 21.4 Å². The Balaban J connectivity index is 2.73. The number of nitrogens with zero attached hydrogens (tertiary/aromatic N) is 2. The maximum Gasteiger partial charge on any atom is 0.270 e. The lowest BCUT2D eigenvalue weighted by Crippen LogP contribution is -2.23. The molecular weight excluding hydrogens is 300 g/mol. The van der Waals surface area contributed by atoms with Gasteiger partial charge in [0, 0.05) is 30.8 Å². The van der Waals surface area contributed by atoms with Crippen LogP contribution < -0.4 is 10.5 Å².